The summed E-state index contributed by atoms with van der Waals surface area (Å²) in [6, 6.07) is 19.1. The van der Waals surface area contributed by atoms with Gasteiger partial charge in [-0.15, -0.1) is 0 Å². The van der Waals surface area contributed by atoms with Crippen molar-refractivity contribution in [1.29, 1.82) is 0 Å². The molecule has 0 aliphatic rings. The van der Waals surface area contributed by atoms with Gasteiger partial charge < -0.3 is 15.2 Å². The average molecular weight is 480 g/mol. The molecule has 3 aromatic carbocycles. The van der Waals surface area contributed by atoms with Gasteiger partial charge in [0.15, 0.2) is 0 Å². The Morgan fingerprint density at radius 2 is 1.70 bits per heavy atom. The molecule has 0 aliphatic carbocycles. The molecule has 0 aliphatic heterocycles. The van der Waals surface area contributed by atoms with Crippen molar-refractivity contribution < 1.29 is 27.8 Å². The number of hydrogen-bond donors (Lipinski definition) is 2. The Morgan fingerprint density at radius 3 is 2.37 bits per heavy atom. The third kappa shape index (κ3) is 5.54. The van der Waals surface area contributed by atoms with E-state index in [0.29, 0.717) is 16.9 Å². The van der Waals surface area contributed by atoms with Crippen molar-refractivity contribution in [3.05, 3.63) is 99.5 Å². The van der Waals surface area contributed by atoms with Gasteiger partial charge in [-0.25, -0.2) is 4.79 Å². The maximum atomic E-state index is 13.1. The number of carboxylic acid groups (broad SMARTS) is 1. The quantitative estimate of drug-likeness (QED) is 0.429. The zero-order chi connectivity index (χ0) is 21.7. The van der Waals surface area contributed by atoms with Gasteiger partial charge in [0.05, 0.1) is 11.6 Å². The minimum Gasteiger partial charge on any atom is -0.489 e. The molecule has 4 nitrogen and oxygen atoms in total. The summed E-state index contributed by atoms with van der Waals surface area (Å²) in [6.45, 7) is -0.0673. The van der Waals surface area contributed by atoms with Gasteiger partial charge >= 0.3 is 12.3 Å². The van der Waals surface area contributed by atoms with Gasteiger partial charge in [-0.1, -0.05) is 64.5 Å². The van der Waals surface area contributed by atoms with Gasteiger partial charge in [-0.05, 0) is 41.0 Å². The van der Waals surface area contributed by atoms with Crippen LogP contribution in [-0.4, -0.2) is 11.2 Å². The number of ether oxygens (including phenoxy) is 1. The third-order valence-electron chi connectivity index (χ3n) is 4.33. The molecule has 0 fully saturated rings. The van der Waals surface area contributed by atoms with E-state index in [0.717, 1.165) is 11.6 Å². The topological polar surface area (TPSA) is 58.6 Å². The van der Waals surface area contributed by atoms with E-state index in [2.05, 4.69) is 21.2 Å². The summed E-state index contributed by atoms with van der Waals surface area (Å²) in [5, 5.41) is 11.7. The Balaban J connectivity index is 1.81. The number of carbonyl (C=O) groups is 1. The van der Waals surface area contributed by atoms with E-state index in [1.807, 2.05) is 6.07 Å². The number of benzene rings is 3. The van der Waals surface area contributed by atoms with Crippen LogP contribution < -0.4 is 10.1 Å². The van der Waals surface area contributed by atoms with Crippen LogP contribution in [0.1, 0.15) is 28.3 Å². The highest BCUT2D eigenvalue weighted by Crippen LogP contribution is 2.35. The first-order chi connectivity index (χ1) is 14.2. The molecule has 3 rings (SSSR count). The Labute approximate surface area is 179 Å². The van der Waals surface area contributed by atoms with E-state index in [4.69, 9.17) is 4.74 Å². The monoisotopic (exact) mass is 479 g/mol. The molecular formula is C22H17BrF3NO3. The predicted molar refractivity (Wildman–Crippen MR) is 109 cm³/mol. The zero-order valence-electron chi connectivity index (χ0n) is 15.5. The Bertz CT molecular complexity index is 1030. The van der Waals surface area contributed by atoms with Gasteiger partial charge in [0.25, 0.3) is 0 Å². The van der Waals surface area contributed by atoms with Crippen LogP contribution in [0.3, 0.4) is 0 Å². The molecule has 30 heavy (non-hydrogen) atoms. The lowest BCUT2D eigenvalue weighted by Crippen LogP contribution is -2.27. The summed E-state index contributed by atoms with van der Waals surface area (Å²) in [7, 11) is 0. The van der Waals surface area contributed by atoms with Crippen LogP contribution in [0, 0.1) is 0 Å². The summed E-state index contributed by atoms with van der Waals surface area (Å²) < 4.78 is 44.9. The van der Waals surface area contributed by atoms with Crippen LogP contribution in [0.4, 0.5) is 18.0 Å². The standard InChI is InChI=1S/C22H17BrF3NO3/c23-19-10-9-14(11-18(19)22(24,25)26)13-30-17-8-4-7-16(12-17)20(27-21(28)29)15-5-2-1-3-6-15/h1-12,20,27H,13H2,(H,28,29)/t20-/m0/s1. The molecule has 0 heterocycles. The van der Waals surface area contributed by atoms with Crippen molar-refractivity contribution in [3.8, 4) is 5.75 Å². The normalized spacial score (nSPS) is 12.3. The van der Waals surface area contributed by atoms with E-state index in [1.54, 1.807) is 54.6 Å². The van der Waals surface area contributed by atoms with Gasteiger partial charge in [0.1, 0.15) is 12.4 Å². The Morgan fingerprint density at radius 1 is 1.00 bits per heavy atom. The SMILES string of the molecule is O=C(O)N[C@@H](c1ccccc1)c1cccc(OCc2ccc(Br)c(C(F)(F)F)c2)c1. The molecule has 3 aromatic rings. The highest BCUT2D eigenvalue weighted by atomic mass is 79.9. The second-order valence-electron chi connectivity index (χ2n) is 6.47. The van der Waals surface area contributed by atoms with Gasteiger partial charge in [-0.3, -0.25) is 0 Å². The molecule has 0 saturated carbocycles. The van der Waals surface area contributed by atoms with Gasteiger partial charge in [0, 0.05) is 4.47 Å². The fourth-order valence-corrected chi connectivity index (χ4v) is 3.43. The second-order valence-corrected chi connectivity index (χ2v) is 7.32. The molecule has 0 aromatic heterocycles. The average Bonchev–Trinajstić information content (AvgIpc) is 2.71. The fourth-order valence-electron chi connectivity index (χ4n) is 2.96. The van der Waals surface area contributed by atoms with E-state index < -0.39 is 23.9 Å². The second kappa shape index (κ2) is 9.21. The van der Waals surface area contributed by atoms with Crippen molar-refractivity contribution >= 4 is 22.0 Å². The smallest absolute Gasteiger partial charge is 0.417 e. The van der Waals surface area contributed by atoms with Crippen molar-refractivity contribution in [2.24, 2.45) is 0 Å². The van der Waals surface area contributed by atoms with Crippen LogP contribution in [0.2, 0.25) is 0 Å². The number of halogens is 4. The summed E-state index contributed by atoms with van der Waals surface area (Å²) >= 11 is 2.91. The fraction of sp³-hybridized carbons (Fsp3) is 0.136. The van der Waals surface area contributed by atoms with Crippen molar-refractivity contribution in [2.75, 3.05) is 0 Å². The molecule has 156 valence electrons. The van der Waals surface area contributed by atoms with Gasteiger partial charge in [0.2, 0.25) is 0 Å². The van der Waals surface area contributed by atoms with E-state index in [1.165, 1.54) is 6.07 Å². The number of amides is 1. The molecule has 0 radical (unpaired) electrons. The summed E-state index contributed by atoms with van der Waals surface area (Å²) in [6.07, 6.45) is -5.65. The Hall–Kier alpha value is -3.00. The van der Waals surface area contributed by atoms with E-state index in [9.17, 15) is 23.1 Å². The van der Waals surface area contributed by atoms with Crippen LogP contribution in [0.5, 0.6) is 5.75 Å². The van der Waals surface area contributed by atoms with E-state index in [-0.39, 0.29) is 11.1 Å². The lowest BCUT2D eigenvalue weighted by Gasteiger charge is -2.19. The zero-order valence-corrected chi connectivity index (χ0v) is 17.1. The molecule has 8 heteroatoms. The minimum atomic E-state index is -4.47. The maximum absolute atomic E-state index is 13.1. The molecule has 1 atom stereocenters. The highest BCUT2D eigenvalue weighted by Gasteiger charge is 2.33. The predicted octanol–water partition coefficient (Wildman–Crippen LogP) is 6.40. The van der Waals surface area contributed by atoms with Gasteiger partial charge in [-0.2, -0.15) is 13.2 Å². The molecule has 2 N–H and O–H groups in total. The molecule has 0 spiro atoms. The molecule has 1 amide bonds. The van der Waals surface area contributed by atoms with Crippen LogP contribution >= 0.6 is 15.9 Å². The first-order valence-electron chi connectivity index (χ1n) is 8.87. The first-order valence-corrected chi connectivity index (χ1v) is 9.66. The van der Waals surface area contributed by atoms with Crippen molar-refractivity contribution in [2.45, 2.75) is 18.8 Å². The highest BCUT2D eigenvalue weighted by molar-refractivity contribution is 9.10. The molecule has 0 bridgehead atoms. The van der Waals surface area contributed by atoms with E-state index >= 15 is 0 Å². The largest absolute Gasteiger partial charge is 0.489 e. The first kappa shape index (κ1) is 21.7. The summed E-state index contributed by atoms with van der Waals surface area (Å²) in [4.78, 5) is 11.3. The lowest BCUT2D eigenvalue weighted by atomic mass is 9.98. The van der Waals surface area contributed by atoms with Crippen LogP contribution in [-0.2, 0) is 12.8 Å². The minimum absolute atomic E-state index is 0.0359. The summed E-state index contributed by atoms with van der Waals surface area (Å²) in [5.74, 6) is 0.414. The Kier molecular flexibility index (Phi) is 6.66. The maximum Gasteiger partial charge on any atom is 0.417 e. The molecule has 0 saturated heterocycles. The van der Waals surface area contributed by atoms with Crippen LogP contribution in [0.15, 0.2) is 77.3 Å². The summed E-state index contributed by atoms with van der Waals surface area (Å²) in [5.41, 5.74) is 0.985. The van der Waals surface area contributed by atoms with Crippen molar-refractivity contribution in [3.63, 3.8) is 0 Å². The third-order valence-corrected chi connectivity index (χ3v) is 5.03. The lowest BCUT2D eigenvalue weighted by molar-refractivity contribution is -0.138. The number of alkyl halides is 3. The number of rotatable bonds is 6. The molecule has 0 unspecified atom stereocenters. The van der Waals surface area contributed by atoms with Crippen molar-refractivity contribution in [1.82, 2.24) is 5.32 Å². The number of nitrogens with one attached hydrogen (secondary N) is 1. The number of hydrogen-bond acceptors (Lipinski definition) is 2. The molecular weight excluding hydrogens is 463 g/mol. The van der Waals surface area contributed by atoms with Crippen LogP contribution in [0.25, 0.3) is 0 Å².